The molecule has 2 amide bonds. The first-order valence-electron chi connectivity index (χ1n) is 5.79. The van der Waals surface area contributed by atoms with Crippen LogP contribution < -0.4 is 5.32 Å². The molecule has 1 saturated heterocycles. The molecule has 0 radical (unpaired) electrons. The molecule has 1 aliphatic carbocycles. The zero-order chi connectivity index (χ0) is 12.8. The zero-order valence-corrected chi connectivity index (χ0v) is 10.0. The summed E-state index contributed by atoms with van der Waals surface area (Å²) < 4.78 is 0. The third-order valence-electron chi connectivity index (χ3n) is 3.64. The lowest BCUT2D eigenvalue weighted by Gasteiger charge is -2.22. The maximum atomic E-state index is 11.9. The number of carboxylic acid groups (broad SMARTS) is 1. The second-order valence-electron chi connectivity index (χ2n) is 5.59. The predicted molar refractivity (Wildman–Crippen MR) is 59.5 cm³/mol. The number of carboxylic acids is 1. The van der Waals surface area contributed by atoms with Crippen molar-refractivity contribution in [3.05, 3.63) is 0 Å². The summed E-state index contributed by atoms with van der Waals surface area (Å²) >= 11 is 0. The van der Waals surface area contributed by atoms with E-state index in [2.05, 4.69) is 5.32 Å². The molecule has 0 spiro atoms. The number of aliphatic carboxylic acids is 1. The van der Waals surface area contributed by atoms with Gasteiger partial charge in [0.2, 0.25) is 0 Å². The lowest BCUT2D eigenvalue weighted by atomic mass is 10.2. The fourth-order valence-electron chi connectivity index (χ4n) is 2.22. The van der Waals surface area contributed by atoms with Gasteiger partial charge in [0.25, 0.3) is 0 Å². The number of aliphatic hydroxyl groups excluding tert-OH is 1. The van der Waals surface area contributed by atoms with Gasteiger partial charge in [0, 0.05) is 19.0 Å². The van der Waals surface area contributed by atoms with Crippen LogP contribution in [0.2, 0.25) is 0 Å². The topological polar surface area (TPSA) is 89.9 Å². The maximum Gasteiger partial charge on any atom is 0.326 e. The van der Waals surface area contributed by atoms with Crippen LogP contribution >= 0.6 is 0 Å². The van der Waals surface area contributed by atoms with E-state index in [0.29, 0.717) is 0 Å². The Bertz CT molecular complexity index is 355. The average Bonchev–Trinajstić information content (AvgIpc) is 2.63. The van der Waals surface area contributed by atoms with Crippen molar-refractivity contribution in [3.8, 4) is 0 Å². The van der Waals surface area contributed by atoms with Crippen molar-refractivity contribution in [1.82, 2.24) is 10.2 Å². The molecule has 0 bridgehead atoms. The van der Waals surface area contributed by atoms with Crippen LogP contribution in [0.15, 0.2) is 0 Å². The van der Waals surface area contributed by atoms with Gasteiger partial charge in [-0.05, 0) is 11.8 Å². The molecule has 96 valence electrons. The Morgan fingerprint density at radius 1 is 1.41 bits per heavy atom. The molecule has 6 heteroatoms. The Balaban J connectivity index is 1.96. The molecule has 3 unspecified atom stereocenters. The quantitative estimate of drug-likeness (QED) is 0.636. The number of rotatable bonds is 2. The van der Waals surface area contributed by atoms with E-state index in [9.17, 15) is 14.7 Å². The smallest absolute Gasteiger partial charge is 0.326 e. The number of amides is 2. The van der Waals surface area contributed by atoms with E-state index >= 15 is 0 Å². The van der Waals surface area contributed by atoms with E-state index in [1.54, 1.807) is 0 Å². The summed E-state index contributed by atoms with van der Waals surface area (Å²) in [5, 5.41) is 21.2. The number of likely N-dealkylation sites (tertiary alicyclic amines) is 1. The molecule has 0 aromatic rings. The minimum atomic E-state index is -1.06. The number of β-amino-alcohol motifs (C(OH)–C–C–N with tert-alkyl or cyclic N) is 1. The summed E-state index contributed by atoms with van der Waals surface area (Å²) in [7, 11) is 0. The van der Waals surface area contributed by atoms with Crippen LogP contribution in [-0.4, -0.2) is 51.8 Å². The number of nitrogens with one attached hydrogen (secondary N) is 1. The van der Waals surface area contributed by atoms with Gasteiger partial charge in [-0.1, -0.05) is 13.8 Å². The van der Waals surface area contributed by atoms with E-state index in [1.807, 2.05) is 13.8 Å². The normalized spacial score (nSPS) is 34.5. The highest BCUT2D eigenvalue weighted by molar-refractivity contribution is 5.83. The molecule has 6 nitrogen and oxygen atoms in total. The second kappa shape index (κ2) is 3.87. The summed E-state index contributed by atoms with van der Waals surface area (Å²) in [6.45, 7) is 4.19. The molecule has 2 rings (SSSR count). The van der Waals surface area contributed by atoms with Crippen molar-refractivity contribution in [2.45, 2.75) is 44.9 Å². The lowest BCUT2D eigenvalue weighted by molar-refractivity contribution is -0.141. The van der Waals surface area contributed by atoms with Crippen LogP contribution in [0.4, 0.5) is 4.79 Å². The molecule has 3 N–H and O–H groups in total. The Morgan fingerprint density at radius 2 is 2.00 bits per heavy atom. The summed E-state index contributed by atoms with van der Waals surface area (Å²) in [5.41, 5.74) is 0.104. The van der Waals surface area contributed by atoms with E-state index < -0.39 is 18.1 Å². The number of nitrogens with zero attached hydrogens (tertiary/aromatic N) is 1. The molecule has 3 atom stereocenters. The van der Waals surface area contributed by atoms with Gasteiger partial charge in [-0.25, -0.2) is 9.59 Å². The van der Waals surface area contributed by atoms with E-state index in [-0.39, 0.29) is 30.5 Å². The fourth-order valence-corrected chi connectivity index (χ4v) is 2.22. The van der Waals surface area contributed by atoms with Gasteiger partial charge >= 0.3 is 12.0 Å². The molecule has 17 heavy (non-hydrogen) atoms. The van der Waals surface area contributed by atoms with Crippen LogP contribution in [0.3, 0.4) is 0 Å². The molecule has 1 heterocycles. The first kappa shape index (κ1) is 12.2. The Kier molecular flexibility index (Phi) is 2.77. The number of urea groups is 1. The van der Waals surface area contributed by atoms with Gasteiger partial charge in [0.1, 0.15) is 6.04 Å². The fraction of sp³-hybridized carbons (Fsp3) is 0.818. The van der Waals surface area contributed by atoms with Crippen molar-refractivity contribution in [1.29, 1.82) is 0 Å². The van der Waals surface area contributed by atoms with Crippen LogP contribution in [-0.2, 0) is 4.79 Å². The van der Waals surface area contributed by atoms with Crippen molar-refractivity contribution in [2.24, 2.45) is 5.41 Å². The highest BCUT2D eigenvalue weighted by Crippen LogP contribution is 2.44. The molecule has 0 aromatic carbocycles. The molecule has 1 aliphatic heterocycles. The molecule has 2 fully saturated rings. The third kappa shape index (κ3) is 2.36. The van der Waals surface area contributed by atoms with Crippen LogP contribution in [0, 0.1) is 5.41 Å². The predicted octanol–water partition coefficient (Wildman–Crippen LogP) is 0.0143. The Morgan fingerprint density at radius 3 is 2.47 bits per heavy atom. The van der Waals surface area contributed by atoms with Crippen molar-refractivity contribution >= 4 is 12.0 Å². The maximum absolute atomic E-state index is 11.9. The van der Waals surface area contributed by atoms with Crippen molar-refractivity contribution in [3.63, 3.8) is 0 Å². The van der Waals surface area contributed by atoms with Gasteiger partial charge < -0.3 is 20.4 Å². The highest BCUT2D eigenvalue weighted by Gasteiger charge is 2.48. The lowest BCUT2D eigenvalue weighted by Crippen LogP contribution is -2.47. The molecule has 1 saturated carbocycles. The van der Waals surface area contributed by atoms with Gasteiger partial charge in [-0.15, -0.1) is 0 Å². The first-order valence-corrected chi connectivity index (χ1v) is 5.79. The van der Waals surface area contributed by atoms with E-state index in [0.717, 1.165) is 6.42 Å². The van der Waals surface area contributed by atoms with Crippen molar-refractivity contribution in [2.75, 3.05) is 6.54 Å². The minimum absolute atomic E-state index is 0.0932. The van der Waals surface area contributed by atoms with Crippen LogP contribution in [0.25, 0.3) is 0 Å². The van der Waals surface area contributed by atoms with Crippen LogP contribution in [0.5, 0.6) is 0 Å². The SMILES string of the molecule is CC1(C)CC1NC(=O)N1CC(O)CC1C(=O)O. The molecule has 2 aliphatic rings. The average molecular weight is 242 g/mol. The minimum Gasteiger partial charge on any atom is -0.480 e. The van der Waals surface area contributed by atoms with Gasteiger partial charge in [-0.3, -0.25) is 0 Å². The van der Waals surface area contributed by atoms with Gasteiger partial charge in [0.05, 0.1) is 6.10 Å². The molecular formula is C11H18N2O4. The number of carbonyl (C=O) groups is 2. The summed E-state index contributed by atoms with van der Waals surface area (Å²) in [6, 6.07) is -1.18. The molecule has 0 aromatic heterocycles. The summed E-state index contributed by atoms with van der Waals surface area (Å²) in [4.78, 5) is 24.1. The molecular weight excluding hydrogens is 224 g/mol. The van der Waals surface area contributed by atoms with E-state index in [1.165, 1.54) is 4.90 Å². The van der Waals surface area contributed by atoms with E-state index in [4.69, 9.17) is 5.11 Å². The summed E-state index contributed by atoms with van der Waals surface area (Å²) in [6.07, 6.45) is 0.276. The second-order valence-corrected chi connectivity index (χ2v) is 5.59. The first-order chi connectivity index (χ1) is 7.81. The number of carbonyl (C=O) groups excluding carboxylic acids is 1. The third-order valence-corrected chi connectivity index (χ3v) is 3.64. The van der Waals surface area contributed by atoms with Crippen LogP contribution in [0.1, 0.15) is 26.7 Å². The largest absolute Gasteiger partial charge is 0.480 e. The zero-order valence-electron chi connectivity index (χ0n) is 10.0. The van der Waals surface area contributed by atoms with Gasteiger partial charge in [-0.2, -0.15) is 0 Å². The highest BCUT2D eigenvalue weighted by atomic mass is 16.4. The Labute approximate surface area is 99.6 Å². The number of hydrogen-bond donors (Lipinski definition) is 3. The Hall–Kier alpha value is -1.30. The number of aliphatic hydroxyl groups is 1. The van der Waals surface area contributed by atoms with Crippen molar-refractivity contribution < 1.29 is 19.8 Å². The summed E-state index contributed by atoms with van der Waals surface area (Å²) in [5.74, 6) is -1.06. The monoisotopic (exact) mass is 242 g/mol. The standard InChI is InChI=1S/C11H18N2O4/c1-11(2)4-8(11)12-10(17)13-5-6(14)3-7(13)9(15)16/h6-8,14H,3-5H2,1-2H3,(H,12,17)(H,15,16). The number of hydrogen-bond acceptors (Lipinski definition) is 3. The van der Waals surface area contributed by atoms with Gasteiger partial charge in [0.15, 0.2) is 0 Å².